The number of nitrogens with zero attached hydrogens (tertiary/aromatic N) is 4. The van der Waals surface area contributed by atoms with Gasteiger partial charge in [0, 0.05) is 31.7 Å². The number of anilines is 1. The number of carboxylic acid groups (broad SMARTS) is 1. The maximum Gasteiger partial charge on any atom is 0.335 e. The predicted molar refractivity (Wildman–Crippen MR) is 96.5 cm³/mol. The molecule has 10 heteroatoms. The van der Waals surface area contributed by atoms with Crippen molar-refractivity contribution in [2.24, 2.45) is 0 Å². The number of piperazine rings is 1. The van der Waals surface area contributed by atoms with Gasteiger partial charge in [0.25, 0.3) is 0 Å². The van der Waals surface area contributed by atoms with Gasteiger partial charge in [-0.3, -0.25) is 0 Å². The van der Waals surface area contributed by atoms with Gasteiger partial charge >= 0.3 is 5.97 Å². The lowest BCUT2D eigenvalue weighted by atomic mass is 10.1. The van der Waals surface area contributed by atoms with E-state index < -0.39 is 9.76 Å². The molecule has 7 nitrogen and oxygen atoms in total. The summed E-state index contributed by atoms with van der Waals surface area (Å²) in [5.74, 6) is -0.235. The number of aromatic nitrogens is 3. The van der Waals surface area contributed by atoms with Crippen LogP contribution in [0.3, 0.4) is 0 Å². The van der Waals surface area contributed by atoms with Gasteiger partial charge in [-0.2, -0.15) is 9.97 Å². The number of hydrogen-bond donors (Lipinski definition) is 2. The summed E-state index contributed by atoms with van der Waals surface area (Å²) in [6, 6.07) is 6.17. The lowest BCUT2D eigenvalue weighted by Gasteiger charge is -2.28. The molecule has 0 unspecified atom stereocenters. The Morgan fingerprint density at radius 1 is 1.08 bits per heavy atom. The van der Waals surface area contributed by atoms with E-state index in [0.717, 1.165) is 26.2 Å². The SMILES string of the molecule is O=C(O)c1ccc(-c2nc(N3CCNCC3)nc(C(Cl)(Cl)Cl)n2)cc1. The Bertz CT molecular complexity index is 774. The number of benzene rings is 1. The quantitative estimate of drug-likeness (QED) is 0.762. The van der Waals surface area contributed by atoms with Gasteiger partial charge in [0.05, 0.1) is 5.56 Å². The maximum absolute atomic E-state index is 11.0. The maximum atomic E-state index is 11.0. The molecule has 0 spiro atoms. The van der Waals surface area contributed by atoms with Crippen LogP contribution in [0, 0.1) is 0 Å². The molecule has 1 saturated heterocycles. The van der Waals surface area contributed by atoms with Crippen molar-refractivity contribution in [3.8, 4) is 11.4 Å². The van der Waals surface area contributed by atoms with Crippen molar-refractivity contribution in [2.45, 2.75) is 3.79 Å². The second-order valence-corrected chi connectivity index (χ2v) is 7.68. The highest BCUT2D eigenvalue weighted by Gasteiger charge is 2.29. The molecule has 2 aromatic rings. The standard InChI is InChI=1S/C15H14Cl3N5O2/c16-15(17,18)13-20-11(9-1-3-10(4-2-9)12(24)25)21-14(22-13)23-7-5-19-6-8-23/h1-4,19H,5-8H2,(H,24,25). The fourth-order valence-electron chi connectivity index (χ4n) is 2.39. The largest absolute Gasteiger partial charge is 0.478 e. The summed E-state index contributed by atoms with van der Waals surface area (Å²) >= 11 is 17.9. The van der Waals surface area contributed by atoms with Gasteiger partial charge in [0.1, 0.15) is 0 Å². The van der Waals surface area contributed by atoms with Crippen molar-refractivity contribution < 1.29 is 9.90 Å². The molecule has 2 N–H and O–H groups in total. The monoisotopic (exact) mass is 401 g/mol. The first kappa shape index (κ1) is 18.1. The average molecular weight is 403 g/mol. The Hall–Kier alpha value is -1.67. The highest BCUT2D eigenvalue weighted by atomic mass is 35.6. The first-order valence-corrected chi connectivity index (χ1v) is 8.60. The molecule has 25 heavy (non-hydrogen) atoms. The van der Waals surface area contributed by atoms with Crippen LogP contribution in [0.1, 0.15) is 16.2 Å². The van der Waals surface area contributed by atoms with Crippen molar-refractivity contribution in [1.82, 2.24) is 20.3 Å². The summed E-state index contributed by atoms with van der Waals surface area (Å²) in [6.07, 6.45) is 0. The Labute approximate surface area is 159 Å². The van der Waals surface area contributed by atoms with Crippen LogP contribution >= 0.6 is 34.8 Å². The second kappa shape index (κ2) is 7.29. The van der Waals surface area contributed by atoms with Crippen LogP contribution in [0.2, 0.25) is 0 Å². The number of alkyl halides is 3. The Morgan fingerprint density at radius 3 is 2.28 bits per heavy atom. The number of hydrogen-bond acceptors (Lipinski definition) is 6. The summed E-state index contributed by atoms with van der Waals surface area (Å²) in [4.78, 5) is 26.0. The molecular weight excluding hydrogens is 389 g/mol. The lowest BCUT2D eigenvalue weighted by Crippen LogP contribution is -2.44. The third-order valence-electron chi connectivity index (χ3n) is 3.67. The number of carboxylic acids is 1. The molecule has 132 valence electrons. The molecular formula is C15H14Cl3N5O2. The molecule has 1 fully saturated rings. The third kappa shape index (κ3) is 4.30. The zero-order valence-corrected chi connectivity index (χ0v) is 15.2. The summed E-state index contributed by atoms with van der Waals surface area (Å²) in [7, 11) is 0. The lowest BCUT2D eigenvalue weighted by molar-refractivity contribution is 0.0697. The Balaban J connectivity index is 2.03. The summed E-state index contributed by atoms with van der Waals surface area (Å²) < 4.78 is -1.79. The number of nitrogens with one attached hydrogen (secondary N) is 1. The van der Waals surface area contributed by atoms with Crippen LogP contribution in [0.5, 0.6) is 0 Å². The fourth-order valence-corrected chi connectivity index (χ4v) is 2.64. The number of carbonyl (C=O) groups is 1. The molecule has 0 bridgehead atoms. The Morgan fingerprint density at radius 2 is 1.72 bits per heavy atom. The third-order valence-corrected chi connectivity index (χ3v) is 4.17. The van der Waals surface area contributed by atoms with Crippen molar-refractivity contribution in [3.05, 3.63) is 35.7 Å². The van der Waals surface area contributed by atoms with Crippen LogP contribution in [0.4, 0.5) is 5.95 Å². The molecule has 2 heterocycles. The van der Waals surface area contributed by atoms with Crippen molar-refractivity contribution >= 4 is 46.7 Å². The van der Waals surface area contributed by atoms with Crippen LogP contribution in [-0.2, 0) is 3.79 Å². The molecule has 0 saturated carbocycles. The van der Waals surface area contributed by atoms with E-state index in [-0.39, 0.29) is 11.4 Å². The van der Waals surface area contributed by atoms with Crippen LogP contribution in [0.15, 0.2) is 24.3 Å². The smallest absolute Gasteiger partial charge is 0.335 e. The normalized spacial score (nSPS) is 15.2. The van der Waals surface area contributed by atoms with Crippen molar-refractivity contribution in [3.63, 3.8) is 0 Å². The summed E-state index contributed by atoms with van der Waals surface area (Å²) in [5.41, 5.74) is 0.779. The molecule has 0 amide bonds. The Kier molecular flexibility index (Phi) is 5.29. The van der Waals surface area contributed by atoms with E-state index in [9.17, 15) is 4.79 Å². The molecule has 0 aliphatic carbocycles. The van der Waals surface area contributed by atoms with E-state index >= 15 is 0 Å². The molecule has 1 aliphatic rings. The van der Waals surface area contributed by atoms with Crippen LogP contribution < -0.4 is 10.2 Å². The van der Waals surface area contributed by atoms with Gasteiger partial charge in [-0.1, -0.05) is 46.9 Å². The second-order valence-electron chi connectivity index (χ2n) is 5.40. The summed E-state index contributed by atoms with van der Waals surface area (Å²) in [5, 5.41) is 12.3. The zero-order valence-electron chi connectivity index (χ0n) is 12.9. The number of halogens is 3. The van der Waals surface area contributed by atoms with Gasteiger partial charge in [-0.15, -0.1) is 0 Å². The minimum Gasteiger partial charge on any atom is -0.478 e. The van der Waals surface area contributed by atoms with Crippen LogP contribution in [-0.4, -0.2) is 52.2 Å². The molecule has 0 radical (unpaired) electrons. The molecule has 1 aromatic heterocycles. The average Bonchev–Trinajstić information content (AvgIpc) is 2.61. The predicted octanol–water partition coefficient (Wildman–Crippen LogP) is 2.47. The van der Waals surface area contributed by atoms with E-state index in [2.05, 4.69) is 20.3 Å². The van der Waals surface area contributed by atoms with Gasteiger partial charge in [-0.05, 0) is 12.1 Å². The van der Waals surface area contributed by atoms with E-state index in [1.165, 1.54) is 12.1 Å². The molecule has 3 rings (SSSR count). The van der Waals surface area contributed by atoms with Crippen molar-refractivity contribution in [1.29, 1.82) is 0 Å². The van der Waals surface area contributed by atoms with Gasteiger partial charge in [0.2, 0.25) is 9.74 Å². The van der Waals surface area contributed by atoms with E-state index in [4.69, 9.17) is 39.9 Å². The number of rotatable bonds is 3. The first-order chi connectivity index (χ1) is 11.8. The molecule has 0 atom stereocenters. The summed E-state index contributed by atoms with van der Waals surface area (Å²) in [6.45, 7) is 3.05. The zero-order chi connectivity index (χ0) is 18.0. The van der Waals surface area contributed by atoms with E-state index in [1.54, 1.807) is 12.1 Å². The molecule has 1 aromatic carbocycles. The van der Waals surface area contributed by atoms with Gasteiger partial charge in [-0.25, -0.2) is 9.78 Å². The number of aromatic carboxylic acids is 1. The topological polar surface area (TPSA) is 91.2 Å². The van der Waals surface area contributed by atoms with E-state index in [1.807, 2.05) is 4.90 Å². The van der Waals surface area contributed by atoms with Crippen LogP contribution in [0.25, 0.3) is 11.4 Å². The minimum atomic E-state index is -1.79. The van der Waals surface area contributed by atoms with Gasteiger partial charge in [0.15, 0.2) is 11.6 Å². The highest BCUT2D eigenvalue weighted by Crippen LogP contribution is 2.37. The minimum absolute atomic E-state index is 0.0262. The van der Waals surface area contributed by atoms with E-state index in [0.29, 0.717) is 17.3 Å². The highest BCUT2D eigenvalue weighted by molar-refractivity contribution is 6.66. The molecule has 1 aliphatic heterocycles. The van der Waals surface area contributed by atoms with Crippen molar-refractivity contribution in [2.75, 3.05) is 31.1 Å². The fraction of sp³-hybridized carbons (Fsp3) is 0.333. The first-order valence-electron chi connectivity index (χ1n) is 7.47. The van der Waals surface area contributed by atoms with Gasteiger partial charge < -0.3 is 15.3 Å².